The standard InChI is InChI=1S/C14H22N4O3/c1-16(2)7-8-18(10-13(19)20)14(21)11-5-6-15-12(9-11)17(3)4/h5-6,9H,7-8,10H2,1-4H3,(H,19,20). The van der Waals surface area contributed by atoms with Crippen LogP contribution in [0.3, 0.4) is 0 Å². The fourth-order valence-electron chi connectivity index (χ4n) is 1.71. The zero-order valence-electron chi connectivity index (χ0n) is 12.9. The minimum atomic E-state index is -1.02. The molecular formula is C14H22N4O3. The molecule has 1 heterocycles. The lowest BCUT2D eigenvalue weighted by Crippen LogP contribution is -2.40. The highest BCUT2D eigenvalue weighted by atomic mass is 16.4. The van der Waals surface area contributed by atoms with Gasteiger partial charge in [0.15, 0.2) is 0 Å². The third-order valence-corrected chi connectivity index (χ3v) is 2.88. The Balaban J connectivity index is 2.92. The number of anilines is 1. The zero-order valence-corrected chi connectivity index (χ0v) is 12.9. The van der Waals surface area contributed by atoms with Gasteiger partial charge in [-0.1, -0.05) is 0 Å². The quantitative estimate of drug-likeness (QED) is 0.776. The summed E-state index contributed by atoms with van der Waals surface area (Å²) in [4.78, 5) is 32.6. The summed E-state index contributed by atoms with van der Waals surface area (Å²) in [5.74, 6) is -0.669. The molecule has 1 N–H and O–H groups in total. The number of carbonyl (C=O) groups excluding carboxylic acids is 1. The number of carboxylic acid groups (broad SMARTS) is 1. The van der Waals surface area contributed by atoms with Crippen LogP contribution in [0.4, 0.5) is 5.82 Å². The van der Waals surface area contributed by atoms with Gasteiger partial charge >= 0.3 is 5.97 Å². The third kappa shape index (κ3) is 5.39. The number of pyridine rings is 1. The molecule has 1 aromatic rings. The smallest absolute Gasteiger partial charge is 0.323 e. The van der Waals surface area contributed by atoms with Crippen LogP contribution in [0.2, 0.25) is 0 Å². The molecule has 0 aromatic carbocycles. The summed E-state index contributed by atoms with van der Waals surface area (Å²) < 4.78 is 0. The number of hydrogen-bond donors (Lipinski definition) is 1. The molecule has 0 saturated carbocycles. The Labute approximate surface area is 124 Å². The zero-order chi connectivity index (χ0) is 16.0. The molecule has 0 atom stereocenters. The van der Waals surface area contributed by atoms with Crippen molar-refractivity contribution >= 4 is 17.7 Å². The summed E-state index contributed by atoms with van der Waals surface area (Å²) in [6.45, 7) is 0.648. The molecule has 21 heavy (non-hydrogen) atoms. The third-order valence-electron chi connectivity index (χ3n) is 2.88. The SMILES string of the molecule is CN(C)CCN(CC(=O)O)C(=O)c1ccnc(N(C)C)c1. The number of aromatic nitrogens is 1. The van der Waals surface area contributed by atoms with Gasteiger partial charge < -0.3 is 19.8 Å². The predicted octanol–water partition coefficient (Wildman–Crippen LogP) is 0.236. The fourth-order valence-corrected chi connectivity index (χ4v) is 1.71. The number of carboxylic acids is 1. The van der Waals surface area contributed by atoms with Gasteiger partial charge in [-0.2, -0.15) is 0 Å². The Kier molecular flexibility index (Phi) is 6.10. The van der Waals surface area contributed by atoms with E-state index in [9.17, 15) is 9.59 Å². The monoisotopic (exact) mass is 294 g/mol. The molecule has 0 radical (unpaired) electrons. The van der Waals surface area contributed by atoms with Gasteiger partial charge in [-0.25, -0.2) is 4.98 Å². The van der Waals surface area contributed by atoms with Gasteiger partial charge in [0.25, 0.3) is 5.91 Å². The second-order valence-corrected chi connectivity index (χ2v) is 5.22. The number of carbonyl (C=O) groups is 2. The van der Waals surface area contributed by atoms with Crippen molar-refractivity contribution in [2.45, 2.75) is 0 Å². The summed E-state index contributed by atoms with van der Waals surface area (Å²) in [6.07, 6.45) is 1.55. The molecule has 0 bridgehead atoms. The lowest BCUT2D eigenvalue weighted by atomic mass is 10.2. The average molecular weight is 294 g/mol. The molecular weight excluding hydrogens is 272 g/mol. The first kappa shape index (κ1) is 16.9. The van der Waals surface area contributed by atoms with Crippen LogP contribution < -0.4 is 4.90 Å². The topological polar surface area (TPSA) is 77.0 Å². The molecule has 0 spiro atoms. The second kappa shape index (κ2) is 7.58. The van der Waals surface area contributed by atoms with Crippen LogP contribution in [0.1, 0.15) is 10.4 Å². The average Bonchev–Trinajstić information content (AvgIpc) is 2.42. The minimum absolute atomic E-state index is 0.301. The van der Waals surface area contributed by atoms with E-state index in [1.165, 1.54) is 4.90 Å². The lowest BCUT2D eigenvalue weighted by Gasteiger charge is -2.23. The van der Waals surface area contributed by atoms with Crippen LogP contribution in [0.15, 0.2) is 18.3 Å². The summed E-state index contributed by atoms with van der Waals surface area (Å²) in [7, 11) is 7.41. The Morgan fingerprint density at radius 3 is 2.38 bits per heavy atom. The fraction of sp³-hybridized carbons (Fsp3) is 0.500. The van der Waals surface area contributed by atoms with Crippen molar-refractivity contribution < 1.29 is 14.7 Å². The highest BCUT2D eigenvalue weighted by Crippen LogP contribution is 2.12. The molecule has 7 heteroatoms. The van der Waals surface area contributed by atoms with Crippen LogP contribution in [0.25, 0.3) is 0 Å². The van der Waals surface area contributed by atoms with Crippen LogP contribution in [-0.2, 0) is 4.79 Å². The maximum Gasteiger partial charge on any atom is 0.323 e. The van der Waals surface area contributed by atoms with Crippen molar-refractivity contribution in [2.24, 2.45) is 0 Å². The molecule has 0 aliphatic rings. The van der Waals surface area contributed by atoms with Gasteiger partial charge in [-0.05, 0) is 26.2 Å². The van der Waals surface area contributed by atoms with Gasteiger partial charge in [0.1, 0.15) is 12.4 Å². The molecule has 0 saturated heterocycles. The van der Waals surface area contributed by atoms with Crippen molar-refractivity contribution in [3.8, 4) is 0 Å². The maximum absolute atomic E-state index is 12.5. The van der Waals surface area contributed by atoms with Gasteiger partial charge in [-0.15, -0.1) is 0 Å². The van der Waals surface area contributed by atoms with Gasteiger partial charge in [0.05, 0.1) is 0 Å². The number of rotatable bonds is 7. The first-order chi connectivity index (χ1) is 9.81. The van der Waals surface area contributed by atoms with Gasteiger partial charge in [0.2, 0.25) is 0 Å². The van der Waals surface area contributed by atoms with Crippen molar-refractivity contribution in [3.63, 3.8) is 0 Å². The Hall–Kier alpha value is -2.15. The molecule has 1 amide bonds. The van der Waals surface area contributed by atoms with Crippen molar-refractivity contribution in [3.05, 3.63) is 23.9 Å². The second-order valence-electron chi connectivity index (χ2n) is 5.22. The highest BCUT2D eigenvalue weighted by Gasteiger charge is 2.19. The lowest BCUT2D eigenvalue weighted by molar-refractivity contribution is -0.137. The summed E-state index contributed by atoms with van der Waals surface area (Å²) in [5, 5.41) is 8.96. The summed E-state index contributed by atoms with van der Waals surface area (Å²) in [6, 6.07) is 3.26. The number of amides is 1. The van der Waals surface area contributed by atoms with Crippen molar-refractivity contribution in [1.29, 1.82) is 0 Å². The highest BCUT2D eigenvalue weighted by molar-refractivity contribution is 5.96. The van der Waals surface area contributed by atoms with E-state index in [1.807, 2.05) is 33.1 Å². The molecule has 0 unspecified atom stereocenters. The Bertz CT molecular complexity index is 503. The van der Waals surface area contributed by atoms with Crippen LogP contribution in [0.5, 0.6) is 0 Å². The van der Waals surface area contributed by atoms with E-state index < -0.39 is 5.97 Å². The number of nitrogens with zero attached hydrogens (tertiary/aromatic N) is 4. The number of aliphatic carboxylic acids is 1. The molecule has 0 aliphatic heterocycles. The van der Waals surface area contributed by atoms with E-state index in [4.69, 9.17) is 5.11 Å². The number of hydrogen-bond acceptors (Lipinski definition) is 5. The molecule has 0 aliphatic carbocycles. The Morgan fingerprint density at radius 1 is 1.19 bits per heavy atom. The molecule has 1 aromatic heterocycles. The first-order valence-electron chi connectivity index (χ1n) is 6.60. The first-order valence-corrected chi connectivity index (χ1v) is 6.60. The van der Waals surface area contributed by atoms with Gasteiger partial charge in [-0.3, -0.25) is 9.59 Å². The van der Waals surface area contributed by atoms with Crippen LogP contribution in [-0.4, -0.2) is 79.6 Å². The van der Waals surface area contributed by atoms with E-state index in [-0.39, 0.29) is 12.5 Å². The van der Waals surface area contributed by atoms with Crippen LogP contribution in [0, 0.1) is 0 Å². The molecule has 1 rings (SSSR count). The van der Waals surface area contributed by atoms with Crippen molar-refractivity contribution in [2.75, 3.05) is 52.7 Å². The molecule has 7 nitrogen and oxygen atoms in total. The van der Waals surface area contributed by atoms with Crippen molar-refractivity contribution in [1.82, 2.24) is 14.8 Å². The summed E-state index contributed by atoms with van der Waals surface area (Å²) >= 11 is 0. The number of likely N-dealkylation sites (N-methyl/N-ethyl adjacent to an activating group) is 1. The van der Waals surface area contributed by atoms with Gasteiger partial charge in [0, 0.05) is 38.9 Å². The van der Waals surface area contributed by atoms with E-state index in [2.05, 4.69) is 4.98 Å². The van der Waals surface area contributed by atoms with E-state index in [0.29, 0.717) is 24.5 Å². The van der Waals surface area contributed by atoms with E-state index in [1.54, 1.807) is 23.2 Å². The molecule has 0 fully saturated rings. The summed E-state index contributed by atoms with van der Waals surface area (Å²) in [5.41, 5.74) is 0.439. The largest absolute Gasteiger partial charge is 0.480 e. The molecule has 116 valence electrons. The van der Waals surface area contributed by atoms with E-state index >= 15 is 0 Å². The predicted molar refractivity (Wildman–Crippen MR) is 80.7 cm³/mol. The normalized spacial score (nSPS) is 10.5. The van der Waals surface area contributed by atoms with Crippen LogP contribution >= 0.6 is 0 Å². The van der Waals surface area contributed by atoms with E-state index in [0.717, 1.165) is 0 Å². The minimum Gasteiger partial charge on any atom is -0.480 e. The Morgan fingerprint density at radius 2 is 1.86 bits per heavy atom. The maximum atomic E-state index is 12.5.